The molecule has 1 aliphatic carbocycles. The summed E-state index contributed by atoms with van der Waals surface area (Å²) < 4.78 is 0. The first kappa shape index (κ1) is 9.37. The molecule has 1 rings (SSSR count). The minimum absolute atomic E-state index is 0.132. The standard InChI is InChI=1S/C5H9NO.C3H6/c1-4(7)5(6)2-3-5;1-3-2/h2-3,6H2,1H3;3H,1H2,2H3. The van der Waals surface area contributed by atoms with Crippen LogP contribution in [0.2, 0.25) is 0 Å². The molecule has 0 atom stereocenters. The van der Waals surface area contributed by atoms with Gasteiger partial charge in [0.15, 0.2) is 0 Å². The Morgan fingerprint density at radius 3 is 2.00 bits per heavy atom. The Hall–Kier alpha value is -0.630. The van der Waals surface area contributed by atoms with Crippen molar-refractivity contribution >= 4 is 5.78 Å². The van der Waals surface area contributed by atoms with E-state index in [0.717, 1.165) is 12.8 Å². The minimum Gasteiger partial charge on any atom is -0.319 e. The van der Waals surface area contributed by atoms with Gasteiger partial charge in [0, 0.05) is 0 Å². The van der Waals surface area contributed by atoms with Crippen LogP contribution in [0.5, 0.6) is 0 Å². The van der Waals surface area contributed by atoms with E-state index < -0.39 is 0 Å². The summed E-state index contributed by atoms with van der Waals surface area (Å²) in [5.41, 5.74) is 5.05. The van der Waals surface area contributed by atoms with Gasteiger partial charge in [-0.05, 0) is 26.7 Å². The van der Waals surface area contributed by atoms with Gasteiger partial charge in [-0.1, -0.05) is 6.08 Å². The molecule has 0 aromatic heterocycles. The first-order valence-corrected chi connectivity index (χ1v) is 3.44. The van der Waals surface area contributed by atoms with Gasteiger partial charge in [0.1, 0.15) is 5.78 Å². The molecule has 2 heteroatoms. The van der Waals surface area contributed by atoms with Gasteiger partial charge in [-0.15, -0.1) is 6.58 Å². The number of carbonyl (C=O) groups excluding carboxylic acids is 1. The zero-order valence-electron chi connectivity index (χ0n) is 6.68. The second-order valence-electron chi connectivity index (χ2n) is 2.62. The van der Waals surface area contributed by atoms with Gasteiger partial charge in [-0.25, -0.2) is 0 Å². The van der Waals surface area contributed by atoms with Crippen molar-refractivity contribution in [3.63, 3.8) is 0 Å². The number of ketones is 1. The highest BCUT2D eigenvalue weighted by molar-refractivity contribution is 5.88. The van der Waals surface area contributed by atoms with Crippen LogP contribution in [0.25, 0.3) is 0 Å². The van der Waals surface area contributed by atoms with Crippen LogP contribution in [0.1, 0.15) is 26.7 Å². The van der Waals surface area contributed by atoms with Gasteiger partial charge in [0.05, 0.1) is 5.54 Å². The Bertz CT molecular complexity index is 136. The van der Waals surface area contributed by atoms with Gasteiger partial charge in [0.25, 0.3) is 0 Å². The Kier molecular flexibility index (Phi) is 3.30. The Balaban J connectivity index is 0.000000236. The van der Waals surface area contributed by atoms with Gasteiger partial charge >= 0.3 is 0 Å². The highest BCUT2D eigenvalue weighted by atomic mass is 16.1. The van der Waals surface area contributed by atoms with E-state index >= 15 is 0 Å². The zero-order chi connectivity index (χ0) is 8.20. The maximum atomic E-state index is 10.4. The predicted octanol–water partition coefficient (Wildman–Crippen LogP) is 1.26. The number of hydrogen-bond acceptors (Lipinski definition) is 2. The van der Waals surface area contributed by atoms with Crippen molar-refractivity contribution in [2.24, 2.45) is 5.73 Å². The smallest absolute Gasteiger partial charge is 0.149 e. The summed E-state index contributed by atoms with van der Waals surface area (Å²) in [5, 5.41) is 0. The normalized spacial score (nSPS) is 18.3. The first-order valence-electron chi connectivity index (χ1n) is 3.44. The molecule has 0 heterocycles. The number of nitrogens with two attached hydrogens (primary N) is 1. The molecule has 0 aromatic carbocycles. The Morgan fingerprint density at radius 2 is 2.00 bits per heavy atom. The molecule has 58 valence electrons. The summed E-state index contributed by atoms with van der Waals surface area (Å²) >= 11 is 0. The zero-order valence-corrected chi connectivity index (χ0v) is 6.68. The fourth-order valence-electron chi connectivity index (χ4n) is 0.487. The lowest BCUT2D eigenvalue weighted by Crippen LogP contribution is -2.30. The SMILES string of the molecule is C=CC.CC(=O)C1(N)CC1. The topological polar surface area (TPSA) is 43.1 Å². The van der Waals surface area contributed by atoms with Crippen LogP contribution >= 0.6 is 0 Å². The van der Waals surface area contributed by atoms with Crippen LogP contribution < -0.4 is 5.73 Å². The van der Waals surface area contributed by atoms with Crippen molar-refractivity contribution in [1.29, 1.82) is 0 Å². The quantitative estimate of drug-likeness (QED) is 0.558. The molecule has 0 aromatic rings. The molecular weight excluding hydrogens is 126 g/mol. The monoisotopic (exact) mass is 141 g/mol. The summed E-state index contributed by atoms with van der Waals surface area (Å²) in [7, 11) is 0. The molecule has 0 aliphatic heterocycles. The molecule has 0 radical (unpaired) electrons. The largest absolute Gasteiger partial charge is 0.319 e. The van der Waals surface area contributed by atoms with Gasteiger partial charge in [0.2, 0.25) is 0 Å². The highest BCUT2D eigenvalue weighted by Gasteiger charge is 2.42. The summed E-state index contributed by atoms with van der Waals surface area (Å²) in [6.07, 6.45) is 3.53. The Labute approximate surface area is 62.1 Å². The molecule has 1 saturated carbocycles. The molecule has 0 unspecified atom stereocenters. The third-order valence-corrected chi connectivity index (χ3v) is 1.49. The number of rotatable bonds is 1. The maximum absolute atomic E-state index is 10.4. The number of Topliss-reactive ketones (excluding diaryl/α,β-unsaturated/α-hetero) is 1. The van der Waals surface area contributed by atoms with Gasteiger partial charge in [-0.3, -0.25) is 4.79 Å². The highest BCUT2D eigenvalue weighted by Crippen LogP contribution is 2.32. The van der Waals surface area contributed by atoms with E-state index in [1.165, 1.54) is 0 Å². The Morgan fingerprint density at radius 1 is 1.70 bits per heavy atom. The lowest BCUT2D eigenvalue weighted by molar-refractivity contribution is -0.119. The van der Waals surface area contributed by atoms with Crippen molar-refractivity contribution < 1.29 is 4.79 Å². The molecular formula is C8H15NO. The third-order valence-electron chi connectivity index (χ3n) is 1.49. The lowest BCUT2D eigenvalue weighted by atomic mass is 10.2. The summed E-state index contributed by atoms with van der Waals surface area (Å²) in [4.78, 5) is 10.4. The van der Waals surface area contributed by atoms with Crippen LogP contribution in [0.4, 0.5) is 0 Å². The van der Waals surface area contributed by atoms with E-state index in [-0.39, 0.29) is 11.3 Å². The third kappa shape index (κ3) is 2.78. The van der Waals surface area contributed by atoms with Crippen LogP contribution in [0, 0.1) is 0 Å². The van der Waals surface area contributed by atoms with Crippen LogP contribution in [0.15, 0.2) is 12.7 Å². The fraction of sp³-hybridized carbons (Fsp3) is 0.625. The lowest BCUT2D eigenvalue weighted by Gasteiger charge is -1.97. The molecule has 2 nitrogen and oxygen atoms in total. The van der Waals surface area contributed by atoms with E-state index in [1.807, 2.05) is 6.92 Å². The van der Waals surface area contributed by atoms with E-state index in [4.69, 9.17) is 5.73 Å². The molecule has 0 amide bonds. The van der Waals surface area contributed by atoms with E-state index in [1.54, 1.807) is 13.0 Å². The van der Waals surface area contributed by atoms with Gasteiger partial charge < -0.3 is 5.73 Å². The fourth-order valence-corrected chi connectivity index (χ4v) is 0.487. The predicted molar refractivity (Wildman–Crippen MR) is 42.7 cm³/mol. The molecule has 10 heavy (non-hydrogen) atoms. The van der Waals surface area contributed by atoms with Crippen molar-refractivity contribution in [2.45, 2.75) is 32.2 Å². The number of allylic oxidation sites excluding steroid dienone is 1. The summed E-state index contributed by atoms with van der Waals surface area (Å²) in [6, 6.07) is 0. The molecule has 0 spiro atoms. The van der Waals surface area contributed by atoms with Crippen LogP contribution in [-0.2, 0) is 4.79 Å². The average Bonchev–Trinajstić information content (AvgIpc) is 2.51. The summed E-state index contributed by atoms with van der Waals surface area (Å²) in [6.45, 7) is 6.80. The number of hydrogen-bond donors (Lipinski definition) is 1. The molecule has 0 bridgehead atoms. The van der Waals surface area contributed by atoms with Crippen LogP contribution in [-0.4, -0.2) is 11.3 Å². The average molecular weight is 141 g/mol. The second-order valence-corrected chi connectivity index (χ2v) is 2.62. The van der Waals surface area contributed by atoms with Crippen LogP contribution in [0.3, 0.4) is 0 Å². The molecule has 1 fully saturated rings. The number of carbonyl (C=O) groups is 1. The van der Waals surface area contributed by atoms with E-state index in [2.05, 4.69) is 6.58 Å². The molecule has 1 aliphatic rings. The first-order chi connectivity index (χ1) is 4.56. The molecule has 2 N–H and O–H groups in total. The van der Waals surface area contributed by atoms with E-state index in [0.29, 0.717) is 0 Å². The van der Waals surface area contributed by atoms with Crippen molar-refractivity contribution in [3.05, 3.63) is 12.7 Å². The van der Waals surface area contributed by atoms with E-state index in [9.17, 15) is 4.79 Å². The summed E-state index contributed by atoms with van der Waals surface area (Å²) in [5.74, 6) is 0.132. The van der Waals surface area contributed by atoms with Crippen molar-refractivity contribution in [3.8, 4) is 0 Å². The van der Waals surface area contributed by atoms with Crippen molar-refractivity contribution in [1.82, 2.24) is 0 Å². The van der Waals surface area contributed by atoms with Gasteiger partial charge in [-0.2, -0.15) is 0 Å². The van der Waals surface area contributed by atoms with Crippen molar-refractivity contribution in [2.75, 3.05) is 0 Å². The minimum atomic E-state index is -0.389. The second kappa shape index (κ2) is 3.52. The maximum Gasteiger partial charge on any atom is 0.149 e. The molecule has 0 saturated heterocycles.